The smallest absolute Gasteiger partial charge is 0.462 e. The largest absolute Gasteiger partial charge is 0.472 e. The first-order valence-corrected chi connectivity index (χ1v) is 21.5. The predicted molar refractivity (Wildman–Crippen MR) is 198 cm³/mol. The molecule has 0 amide bonds. The van der Waals surface area contributed by atoms with Gasteiger partial charge in [0.15, 0.2) is 6.10 Å². The summed E-state index contributed by atoms with van der Waals surface area (Å²) in [6, 6.07) is 0. The van der Waals surface area contributed by atoms with E-state index in [4.69, 9.17) is 18.5 Å². The van der Waals surface area contributed by atoms with E-state index in [0.717, 1.165) is 44.9 Å². The molecule has 0 aromatic rings. The van der Waals surface area contributed by atoms with Gasteiger partial charge < -0.3 is 39.9 Å². The Hall–Kier alpha value is -1.41. The van der Waals surface area contributed by atoms with Crippen molar-refractivity contribution in [1.29, 1.82) is 0 Å². The minimum atomic E-state index is -5.10. The number of aliphatic hydroxyl groups excluding tert-OH is 5. The number of carbonyl (C=O) groups is 2. The monoisotopic (exact) mass is 766 g/mol. The van der Waals surface area contributed by atoms with Crippen LogP contribution in [0.1, 0.15) is 162 Å². The van der Waals surface area contributed by atoms with Gasteiger partial charge in [0.05, 0.1) is 6.61 Å². The molecule has 8 atom stereocenters. The summed E-state index contributed by atoms with van der Waals surface area (Å²) in [6.45, 7) is 3.22. The lowest BCUT2D eigenvalue weighted by molar-refractivity contribution is -0.220. The fourth-order valence-corrected chi connectivity index (χ4v) is 7.02. The summed E-state index contributed by atoms with van der Waals surface area (Å²) in [4.78, 5) is 35.4. The average molecular weight is 767 g/mol. The van der Waals surface area contributed by atoms with Gasteiger partial charge in [-0.2, -0.15) is 0 Å². The highest BCUT2D eigenvalue weighted by Crippen LogP contribution is 2.47. The highest BCUT2D eigenvalue weighted by Gasteiger charge is 2.51. The van der Waals surface area contributed by atoms with Gasteiger partial charge in [0, 0.05) is 12.8 Å². The zero-order chi connectivity index (χ0) is 38.6. The van der Waals surface area contributed by atoms with Crippen LogP contribution < -0.4 is 0 Å². The van der Waals surface area contributed by atoms with Crippen LogP contribution in [0.5, 0.6) is 0 Å². The van der Waals surface area contributed by atoms with Gasteiger partial charge in [0.2, 0.25) is 0 Å². The third-order valence-corrected chi connectivity index (χ3v) is 10.3. The Morgan fingerprint density at radius 2 is 0.981 bits per heavy atom. The third-order valence-electron chi connectivity index (χ3n) is 9.36. The van der Waals surface area contributed by atoms with Crippen molar-refractivity contribution in [3.05, 3.63) is 12.2 Å². The van der Waals surface area contributed by atoms with Crippen molar-refractivity contribution in [2.75, 3.05) is 13.2 Å². The Morgan fingerprint density at radius 3 is 1.48 bits per heavy atom. The third kappa shape index (κ3) is 22.7. The highest BCUT2D eigenvalue weighted by molar-refractivity contribution is 7.47. The van der Waals surface area contributed by atoms with Crippen LogP contribution >= 0.6 is 7.82 Å². The first kappa shape index (κ1) is 48.6. The van der Waals surface area contributed by atoms with Crippen LogP contribution in [0.25, 0.3) is 0 Å². The van der Waals surface area contributed by atoms with Crippen LogP contribution in [0.4, 0.5) is 0 Å². The van der Waals surface area contributed by atoms with E-state index >= 15 is 0 Å². The van der Waals surface area contributed by atoms with E-state index in [9.17, 15) is 44.6 Å². The van der Waals surface area contributed by atoms with E-state index in [1.807, 2.05) is 0 Å². The Kier molecular flexibility index (Phi) is 27.9. The molecule has 1 aliphatic carbocycles. The number of aliphatic hydroxyl groups is 5. The molecule has 1 aliphatic rings. The number of carbonyl (C=O) groups excluding carboxylic acids is 2. The summed E-state index contributed by atoms with van der Waals surface area (Å²) in [5.41, 5.74) is 0. The zero-order valence-corrected chi connectivity index (χ0v) is 32.8. The van der Waals surface area contributed by atoms with Gasteiger partial charge in [-0.3, -0.25) is 18.6 Å². The summed E-state index contributed by atoms with van der Waals surface area (Å²) in [5, 5.41) is 49.9. The molecule has 6 N–H and O–H groups in total. The number of rotatable bonds is 32. The molecule has 1 saturated carbocycles. The SMILES string of the molecule is CCCCCCCCCC/C=C/CCCCCC(=O)O[C@H](COC(=O)CCCCCCCCCC)COP(=O)(O)OC1C(O)C(O)C(O)[C@@H](O)C1O. The lowest BCUT2D eigenvalue weighted by Crippen LogP contribution is -2.64. The second kappa shape index (κ2) is 29.9. The summed E-state index contributed by atoms with van der Waals surface area (Å²) < 4.78 is 33.3. The molecule has 13 nitrogen and oxygen atoms in total. The molecule has 0 spiro atoms. The van der Waals surface area contributed by atoms with Crippen molar-refractivity contribution in [1.82, 2.24) is 0 Å². The molecule has 306 valence electrons. The summed E-state index contributed by atoms with van der Waals surface area (Å²) in [5.74, 6) is -1.12. The number of phosphoric ester groups is 1. The van der Waals surface area contributed by atoms with Crippen molar-refractivity contribution in [3.63, 3.8) is 0 Å². The minimum absolute atomic E-state index is 0.0799. The number of hydrogen-bond acceptors (Lipinski definition) is 12. The normalized spacial score (nSPS) is 23.8. The molecule has 52 heavy (non-hydrogen) atoms. The minimum Gasteiger partial charge on any atom is -0.462 e. The second-order valence-corrected chi connectivity index (χ2v) is 15.5. The standard InChI is InChI=1S/C38H71O13P/c1-3-5-7-9-11-13-14-15-16-17-18-19-21-23-25-27-32(40)50-30(28-48-31(39)26-24-22-20-12-10-8-6-4-2)29-49-52(46,47)51-38-36(44)34(42)33(41)35(43)37(38)45/h17-18,30,33-38,41-45H,3-16,19-29H2,1-2H3,(H,46,47)/b18-17+/t30-,33?,34-,35?,36?,37?,38?/m1/s1. The van der Waals surface area contributed by atoms with Crippen LogP contribution in [0.15, 0.2) is 12.2 Å². The summed E-state index contributed by atoms with van der Waals surface area (Å²) in [6.07, 6.45) is 14.5. The number of phosphoric acid groups is 1. The molecule has 0 radical (unpaired) electrons. The molecule has 0 aromatic heterocycles. The van der Waals surface area contributed by atoms with Crippen molar-refractivity contribution in [3.8, 4) is 0 Å². The number of allylic oxidation sites excluding steroid dienone is 2. The molecule has 1 fully saturated rings. The van der Waals surface area contributed by atoms with Gasteiger partial charge in [-0.1, -0.05) is 122 Å². The van der Waals surface area contributed by atoms with Gasteiger partial charge >= 0.3 is 19.8 Å². The van der Waals surface area contributed by atoms with E-state index in [1.54, 1.807) is 0 Å². The first-order chi connectivity index (χ1) is 24.9. The molecular weight excluding hydrogens is 695 g/mol. The van der Waals surface area contributed by atoms with Crippen LogP contribution in [0, 0.1) is 0 Å². The lowest BCUT2D eigenvalue weighted by Gasteiger charge is -2.41. The topological polar surface area (TPSA) is 210 Å². The number of ether oxygens (including phenoxy) is 2. The molecule has 0 aliphatic heterocycles. The van der Waals surface area contributed by atoms with Crippen molar-refractivity contribution in [2.24, 2.45) is 0 Å². The fraction of sp³-hybridized carbons (Fsp3) is 0.895. The zero-order valence-electron chi connectivity index (χ0n) is 31.9. The number of unbranched alkanes of at least 4 members (excludes halogenated alkanes) is 18. The van der Waals surface area contributed by atoms with Crippen molar-refractivity contribution >= 4 is 19.8 Å². The van der Waals surface area contributed by atoms with Crippen LogP contribution in [0.2, 0.25) is 0 Å². The van der Waals surface area contributed by atoms with Gasteiger partial charge in [0.25, 0.3) is 0 Å². The Labute approximate surface area is 312 Å². The Bertz CT molecular complexity index is 980. The maximum absolute atomic E-state index is 12.7. The average Bonchev–Trinajstić information content (AvgIpc) is 3.12. The van der Waals surface area contributed by atoms with E-state index < -0.39 is 75.7 Å². The number of esters is 2. The van der Waals surface area contributed by atoms with Crippen LogP contribution in [0.3, 0.4) is 0 Å². The molecule has 0 saturated heterocycles. The molecule has 6 unspecified atom stereocenters. The lowest BCUT2D eigenvalue weighted by atomic mass is 9.85. The first-order valence-electron chi connectivity index (χ1n) is 20.0. The second-order valence-electron chi connectivity index (χ2n) is 14.1. The maximum atomic E-state index is 12.7. The highest BCUT2D eigenvalue weighted by atomic mass is 31.2. The van der Waals surface area contributed by atoms with Crippen LogP contribution in [-0.2, 0) is 32.7 Å². The maximum Gasteiger partial charge on any atom is 0.472 e. The van der Waals surface area contributed by atoms with Gasteiger partial charge in [0.1, 0.15) is 43.2 Å². The fourth-order valence-electron chi connectivity index (χ4n) is 6.05. The summed E-state index contributed by atoms with van der Waals surface area (Å²) in [7, 11) is -5.10. The molecule has 0 bridgehead atoms. The summed E-state index contributed by atoms with van der Waals surface area (Å²) >= 11 is 0. The number of hydrogen-bond donors (Lipinski definition) is 6. The van der Waals surface area contributed by atoms with Crippen molar-refractivity contribution < 1.29 is 63.1 Å². The van der Waals surface area contributed by atoms with Crippen molar-refractivity contribution in [2.45, 2.75) is 204 Å². The van der Waals surface area contributed by atoms with Crippen LogP contribution in [-0.4, -0.2) is 98.3 Å². The molecule has 1 rings (SSSR count). The van der Waals surface area contributed by atoms with Gasteiger partial charge in [-0.25, -0.2) is 4.57 Å². The molecule has 0 aromatic carbocycles. The molecular formula is C38H71O13P. The molecule has 14 heteroatoms. The van der Waals surface area contributed by atoms with E-state index in [1.165, 1.54) is 77.0 Å². The van der Waals surface area contributed by atoms with E-state index in [0.29, 0.717) is 12.8 Å². The Morgan fingerprint density at radius 1 is 0.577 bits per heavy atom. The predicted octanol–water partition coefficient (Wildman–Crippen LogP) is 6.33. The molecule has 0 heterocycles. The Balaban J connectivity index is 2.52. The van der Waals surface area contributed by atoms with Gasteiger partial charge in [-0.15, -0.1) is 0 Å². The van der Waals surface area contributed by atoms with E-state index in [-0.39, 0.29) is 12.8 Å². The van der Waals surface area contributed by atoms with E-state index in [2.05, 4.69) is 26.0 Å². The quantitative estimate of drug-likeness (QED) is 0.0192. The van der Waals surface area contributed by atoms with Gasteiger partial charge in [-0.05, 0) is 38.5 Å².